The Morgan fingerprint density at radius 3 is 2.45 bits per heavy atom. The molecule has 0 saturated heterocycles. The Morgan fingerprint density at radius 1 is 0.968 bits per heavy atom. The predicted molar refractivity (Wildman–Crippen MR) is 126 cm³/mol. The van der Waals surface area contributed by atoms with Gasteiger partial charge in [-0.15, -0.1) is 0 Å². The molecule has 1 amide bonds. The van der Waals surface area contributed by atoms with Gasteiger partial charge in [0.1, 0.15) is 5.82 Å². The number of amides is 1. The lowest BCUT2D eigenvalue weighted by atomic mass is 9.92. The van der Waals surface area contributed by atoms with Crippen molar-refractivity contribution in [2.24, 2.45) is 0 Å². The second-order valence-electron chi connectivity index (χ2n) is 8.48. The van der Waals surface area contributed by atoms with Crippen molar-refractivity contribution in [2.45, 2.75) is 32.7 Å². The van der Waals surface area contributed by atoms with Gasteiger partial charge < -0.3 is 11.1 Å². The first-order valence-electron chi connectivity index (χ1n) is 10.3. The van der Waals surface area contributed by atoms with Crippen LogP contribution in [-0.4, -0.2) is 21.4 Å². The Labute approximate surface area is 182 Å². The molecule has 156 valence electrons. The van der Waals surface area contributed by atoms with Gasteiger partial charge in [0, 0.05) is 22.1 Å². The highest BCUT2D eigenvalue weighted by molar-refractivity contribution is 5.94. The van der Waals surface area contributed by atoms with E-state index in [1.165, 1.54) is 0 Å². The van der Waals surface area contributed by atoms with Crippen LogP contribution in [0.15, 0.2) is 72.8 Å². The Bertz CT molecular complexity index is 1250. The number of hydrogen-bond acceptors (Lipinski definition) is 4. The molecule has 0 radical (unpaired) electrons. The van der Waals surface area contributed by atoms with E-state index in [0.29, 0.717) is 23.6 Å². The zero-order valence-electron chi connectivity index (χ0n) is 18.0. The molecule has 0 atom stereocenters. The van der Waals surface area contributed by atoms with E-state index in [-0.39, 0.29) is 5.91 Å². The van der Waals surface area contributed by atoms with Gasteiger partial charge in [-0.25, -0.2) is 9.97 Å². The van der Waals surface area contributed by atoms with Gasteiger partial charge in [0.15, 0.2) is 5.82 Å². The van der Waals surface area contributed by atoms with Crippen molar-refractivity contribution >= 4 is 22.6 Å². The number of nitrogens with two attached hydrogens (primary N) is 1. The van der Waals surface area contributed by atoms with Crippen LogP contribution in [-0.2, 0) is 6.42 Å². The van der Waals surface area contributed by atoms with E-state index < -0.39 is 5.54 Å². The van der Waals surface area contributed by atoms with Crippen molar-refractivity contribution in [1.82, 2.24) is 15.3 Å². The van der Waals surface area contributed by atoms with Crippen molar-refractivity contribution in [3.05, 3.63) is 89.5 Å². The first-order chi connectivity index (χ1) is 14.8. The molecular formula is C26H26N4O. The standard InChI is InChI=1S/C26H26N4O/c1-17-13-14-18(16-26(2,3)30-25(31)19-9-5-4-6-10-19)15-21(17)24-28-22-12-8-7-11-20(22)23(27)29-24/h4-15H,16H2,1-3H3,(H,30,31)(H2,27,28,29). The highest BCUT2D eigenvalue weighted by Gasteiger charge is 2.22. The smallest absolute Gasteiger partial charge is 0.251 e. The van der Waals surface area contributed by atoms with E-state index in [2.05, 4.69) is 28.5 Å². The summed E-state index contributed by atoms with van der Waals surface area (Å²) < 4.78 is 0. The first kappa shape index (κ1) is 20.5. The summed E-state index contributed by atoms with van der Waals surface area (Å²) in [6.45, 7) is 6.09. The van der Waals surface area contributed by atoms with Crippen molar-refractivity contribution < 1.29 is 4.79 Å². The van der Waals surface area contributed by atoms with Gasteiger partial charge in [-0.1, -0.05) is 42.5 Å². The number of fused-ring (bicyclic) bond motifs is 1. The third-order valence-electron chi connectivity index (χ3n) is 5.31. The molecule has 1 aromatic heterocycles. The summed E-state index contributed by atoms with van der Waals surface area (Å²) in [4.78, 5) is 21.9. The Hall–Kier alpha value is -3.73. The minimum Gasteiger partial charge on any atom is -0.383 e. The van der Waals surface area contributed by atoms with Crippen LogP contribution in [0.25, 0.3) is 22.3 Å². The van der Waals surface area contributed by atoms with Gasteiger partial charge in [0.05, 0.1) is 5.52 Å². The lowest BCUT2D eigenvalue weighted by Crippen LogP contribution is -2.45. The summed E-state index contributed by atoms with van der Waals surface area (Å²) in [5.41, 5.74) is 10.4. The highest BCUT2D eigenvalue weighted by Crippen LogP contribution is 2.27. The third-order valence-corrected chi connectivity index (χ3v) is 5.31. The third kappa shape index (κ3) is 4.56. The molecule has 5 nitrogen and oxygen atoms in total. The average molecular weight is 411 g/mol. The van der Waals surface area contributed by atoms with Gasteiger partial charge >= 0.3 is 0 Å². The second kappa shape index (κ2) is 8.19. The van der Waals surface area contributed by atoms with Crippen molar-refractivity contribution in [1.29, 1.82) is 0 Å². The highest BCUT2D eigenvalue weighted by atomic mass is 16.1. The number of anilines is 1. The van der Waals surface area contributed by atoms with E-state index >= 15 is 0 Å². The number of hydrogen-bond donors (Lipinski definition) is 2. The minimum absolute atomic E-state index is 0.0800. The monoisotopic (exact) mass is 410 g/mol. The maximum absolute atomic E-state index is 12.6. The molecule has 0 aliphatic rings. The van der Waals surface area contributed by atoms with Gasteiger partial charge in [-0.3, -0.25) is 4.79 Å². The molecule has 0 bridgehead atoms. The average Bonchev–Trinajstić information content (AvgIpc) is 2.75. The summed E-state index contributed by atoms with van der Waals surface area (Å²) in [7, 11) is 0. The molecule has 0 unspecified atom stereocenters. The predicted octanol–water partition coefficient (Wildman–Crippen LogP) is 4.94. The zero-order valence-corrected chi connectivity index (χ0v) is 18.0. The van der Waals surface area contributed by atoms with Crippen molar-refractivity contribution in [3.63, 3.8) is 0 Å². The summed E-state index contributed by atoms with van der Waals surface area (Å²) >= 11 is 0. The molecule has 4 aromatic rings. The van der Waals surface area contributed by atoms with Crippen LogP contribution in [0.2, 0.25) is 0 Å². The lowest BCUT2D eigenvalue weighted by molar-refractivity contribution is 0.0913. The fraction of sp³-hybridized carbons (Fsp3) is 0.192. The van der Waals surface area contributed by atoms with Crippen molar-refractivity contribution in [2.75, 3.05) is 5.73 Å². The molecular weight excluding hydrogens is 384 g/mol. The zero-order chi connectivity index (χ0) is 22.0. The molecule has 0 aliphatic carbocycles. The first-order valence-corrected chi connectivity index (χ1v) is 10.3. The molecule has 31 heavy (non-hydrogen) atoms. The molecule has 0 saturated carbocycles. The number of carbonyl (C=O) groups excluding carboxylic acids is 1. The fourth-order valence-electron chi connectivity index (χ4n) is 3.77. The van der Waals surface area contributed by atoms with E-state index in [0.717, 1.165) is 27.6 Å². The van der Waals surface area contributed by atoms with Gasteiger partial charge in [-0.05, 0) is 68.7 Å². The summed E-state index contributed by atoms with van der Waals surface area (Å²) in [6, 6.07) is 23.2. The number of nitrogens with one attached hydrogen (secondary N) is 1. The molecule has 0 spiro atoms. The summed E-state index contributed by atoms with van der Waals surface area (Å²) in [5.74, 6) is 1.01. The number of benzene rings is 3. The van der Waals surface area contributed by atoms with Crippen LogP contribution in [0.1, 0.15) is 35.3 Å². The fourth-order valence-corrected chi connectivity index (χ4v) is 3.77. The van der Waals surface area contributed by atoms with Crippen LogP contribution in [0, 0.1) is 6.92 Å². The quantitative estimate of drug-likeness (QED) is 0.488. The number of nitrogens with zero attached hydrogens (tertiary/aromatic N) is 2. The molecule has 3 aromatic carbocycles. The molecule has 5 heteroatoms. The van der Waals surface area contributed by atoms with Crippen LogP contribution in [0.5, 0.6) is 0 Å². The number of nitrogen functional groups attached to an aromatic ring is 1. The molecule has 0 aliphatic heterocycles. The summed E-state index contributed by atoms with van der Waals surface area (Å²) in [6.07, 6.45) is 0.669. The number of rotatable bonds is 5. The molecule has 3 N–H and O–H groups in total. The largest absolute Gasteiger partial charge is 0.383 e. The second-order valence-corrected chi connectivity index (χ2v) is 8.48. The SMILES string of the molecule is Cc1ccc(CC(C)(C)NC(=O)c2ccccc2)cc1-c1nc(N)c2ccccc2n1. The van der Waals surface area contributed by atoms with E-state index in [4.69, 9.17) is 10.7 Å². The number of aromatic nitrogens is 2. The maximum atomic E-state index is 12.6. The van der Waals surface area contributed by atoms with Crippen LogP contribution < -0.4 is 11.1 Å². The summed E-state index contributed by atoms with van der Waals surface area (Å²) in [5, 5.41) is 3.99. The maximum Gasteiger partial charge on any atom is 0.251 e. The Morgan fingerprint density at radius 2 is 1.68 bits per heavy atom. The van der Waals surface area contributed by atoms with Crippen molar-refractivity contribution in [3.8, 4) is 11.4 Å². The van der Waals surface area contributed by atoms with Gasteiger partial charge in [0.25, 0.3) is 5.91 Å². The molecule has 4 rings (SSSR count). The van der Waals surface area contributed by atoms with Crippen LogP contribution >= 0.6 is 0 Å². The van der Waals surface area contributed by atoms with Crippen LogP contribution in [0.3, 0.4) is 0 Å². The van der Waals surface area contributed by atoms with Gasteiger partial charge in [0.2, 0.25) is 0 Å². The Kier molecular flexibility index (Phi) is 5.42. The number of carbonyl (C=O) groups is 1. The van der Waals surface area contributed by atoms with E-state index in [9.17, 15) is 4.79 Å². The topological polar surface area (TPSA) is 80.9 Å². The van der Waals surface area contributed by atoms with E-state index in [1.54, 1.807) is 0 Å². The van der Waals surface area contributed by atoms with Crippen LogP contribution in [0.4, 0.5) is 5.82 Å². The van der Waals surface area contributed by atoms with Gasteiger partial charge in [-0.2, -0.15) is 0 Å². The normalized spacial score (nSPS) is 11.5. The van der Waals surface area contributed by atoms with E-state index in [1.807, 2.05) is 75.4 Å². The minimum atomic E-state index is -0.428. The molecule has 0 fully saturated rings. The lowest BCUT2D eigenvalue weighted by Gasteiger charge is -2.27. The molecule has 1 heterocycles. The number of para-hydroxylation sites is 1. The number of aryl methyl sites for hydroxylation is 1. The Balaban J connectivity index is 1.61.